The normalized spacial score (nSPS) is 10.5. The van der Waals surface area contributed by atoms with Gasteiger partial charge in [-0.1, -0.05) is 11.6 Å². The molecule has 2 rings (SSSR count). The molecule has 0 atom stereocenters. The number of carboxylic acid groups (broad SMARTS) is 1. The van der Waals surface area contributed by atoms with Crippen LogP contribution in [0, 0.1) is 17.5 Å². The number of rotatable bonds is 2. The van der Waals surface area contributed by atoms with Crippen LogP contribution in [0.4, 0.5) is 13.2 Å². The Balaban J connectivity index is 2.65. The largest absolute Gasteiger partial charge is 0.478 e. The number of hydrogen-bond acceptors (Lipinski definition) is 1. The molecule has 2 nitrogen and oxygen atoms in total. The number of benzene rings is 2. The van der Waals surface area contributed by atoms with Gasteiger partial charge in [0.05, 0.1) is 5.56 Å². The topological polar surface area (TPSA) is 37.3 Å². The first-order valence-electron chi connectivity index (χ1n) is 5.07. The van der Waals surface area contributed by atoms with Crippen molar-refractivity contribution < 1.29 is 23.1 Å². The zero-order chi connectivity index (χ0) is 14.2. The van der Waals surface area contributed by atoms with E-state index in [-0.39, 0.29) is 21.7 Å². The molecule has 19 heavy (non-hydrogen) atoms. The minimum absolute atomic E-state index is 0.0547. The smallest absolute Gasteiger partial charge is 0.335 e. The molecule has 0 aliphatic rings. The molecule has 6 heteroatoms. The maximum Gasteiger partial charge on any atom is 0.335 e. The molecule has 0 saturated carbocycles. The molecule has 0 fully saturated rings. The molecule has 0 radical (unpaired) electrons. The highest BCUT2D eigenvalue weighted by molar-refractivity contribution is 6.31. The van der Waals surface area contributed by atoms with Gasteiger partial charge in [0.15, 0.2) is 11.6 Å². The van der Waals surface area contributed by atoms with E-state index in [9.17, 15) is 18.0 Å². The number of aromatic carboxylic acids is 1. The summed E-state index contributed by atoms with van der Waals surface area (Å²) in [7, 11) is 0. The van der Waals surface area contributed by atoms with Gasteiger partial charge in [-0.2, -0.15) is 0 Å². The van der Waals surface area contributed by atoms with Gasteiger partial charge in [-0.15, -0.1) is 0 Å². The fourth-order valence-electron chi connectivity index (χ4n) is 1.61. The lowest BCUT2D eigenvalue weighted by molar-refractivity contribution is 0.0697. The van der Waals surface area contributed by atoms with Crippen molar-refractivity contribution in [3.05, 3.63) is 58.4 Å². The quantitative estimate of drug-likeness (QED) is 0.843. The van der Waals surface area contributed by atoms with Crippen molar-refractivity contribution in [2.75, 3.05) is 0 Å². The van der Waals surface area contributed by atoms with E-state index in [2.05, 4.69) is 0 Å². The first-order valence-corrected chi connectivity index (χ1v) is 5.45. The van der Waals surface area contributed by atoms with Crippen molar-refractivity contribution in [3.8, 4) is 11.1 Å². The summed E-state index contributed by atoms with van der Waals surface area (Å²) in [4.78, 5) is 10.9. The average molecular weight is 287 g/mol. The first-order chi connectivity index (χ1) is 8.88. The van der Waals surface area contributed by atoms with Crippen molar-refractivity contribution in [1.82, 2.24) is 0 Å². The van der Waals surface area contributed by atoms with Crippen LogP contribution in [-0.4, -0.2) is 11.1 Å². The van der Waals surface area contributed by atoms with E-state index >= 15 is 0 Å². The molecule has 2 aromatic carbocycles. The van der Waals surface area contributed by atoms with Gasteiger partial charge >= 0.3 is 5.97 Å². The van der Waals surface area contributed by atoms with Crippen LogP contribution in [0.15, 0.2) is 30.3 Å². The molecular formula is C13H6ClF3O2. The highest BCUT2D eigenvalue weighted by Gasteiger charge is 2.14. The van der Waals surface area contributed by atoms with E-state index in [1.165, 1.54) is 12.1 Å². The predicted octanol–water partition coefficient (Wildman–Crippen LogP) is 4.12. The molecule has 0 aliphatic carbocycles. The van der Waals surface area contributed by atoms with Gasteiger partial charge in [0, 0.05) is 16.7 Å². The molecule has 98 valence electrons. The molecule has 0 unspecified atom stereocenters. The van der Waals surface area contributed by atoms with Gasteiger partial charge in [0.2, 0.25) is 0 Å². The lowest BCUT2D eigenvalue weighted by atomic mass is 10.0. The van der Waals surface area contributed by atoms with E-state index in [0.29, 0.717) is 12.1 Å². The Hall–Kier alpha value is -2.01. The molecule has 0 aromatic heterocycles. The van der Waals surface area contributed by atoms with Gasteiger partial charge in [-0.25, -0.2) is 18.0 Å². The van der Waals surface area contributed by atoms with Crippen LogP contribution >= 0.6 is 11.6 Å². The summed E-state index contributed by atoms with van der Waals surface area (Å²) in [6, 6.07) is 4.62. The summed E-state index contributed by atoms with van der Waals surface area (Å²) in [5, 5.41) is 8.92. The fraction of sp³-hybridized carbons (Fsp3) is 0. The fourth-order valence-corrected chi connectivity index (χ4v) is 1.85. The van der Waals surface area contributed by atoms with Crippen LogP contribution in [0.5, 0.6) is 0 Å². The Morgan fingerprint density at radius 1 is 0.947 bits per heavy atom. The van der Waals surface area contributed by atoms with Crippen LogP contribution in [0.3, 0.4) is 0 Å². The van der Waals surface area contributed by atoms with Crippen LogP contribution < -0.4 is 0 Å². The third-order valence-electron chi connectivity index (χ3n) is 2.47. The molecular weight excluding hydrogens is 281 g/mol. The molecule has 1 N–H and O–H groups in total. The summed E-state index contributed by atoms with van der Waals surface area (Å²) in [5.74, 6) is -4.81. The highest BCUT2D eigenvalue weighted by atomic mass is 35.5. The first kappa shape index (κ1) is 13.4. The molecule has 0 heterocycles. The Kier molecular flexibility index (Phi) is 3.48. The lowest BCUT2D eigenvalue weighted by Crippen LogP contribution is -1.98. The van der Waals surface area contributed by atoms with Crippen molar-refractivity contribution >= 4 is 17.6 Å². The summed E-state index contributed by atoms with van der Waals surface area (Å²) in [5.41, 5.74) is -0.378. The summed E-state index contributed by atoms with van der Waals surface area (Å²) >= 11 is 5.71. The Morgan fingerprint density at radius 3 is 2.21 bits per heavy atom. The number of carbonyl (C=O) groups is 1. The van der Waals surface area contributed by atoms with E-state index in [0.717, 1.165) is 6.07 Å². The molecule has 0 amide bonds. The van der Waals surface area contributed by atoms with Gasteiger partial charge in [-0.05, 0) is 29.8 Å². The second kappa shape index (κ2) is 4.93. The predicted molar refractivity (Wildman–Crippen MR) is 63.7 cm³/mol. The van der Waals surface area contributed by atoms with Gasteiger partial charge < -0.3 is 5.11 Å². The van der Waals surface area contributed by atoms with Gasteiger partial charge in [0.1, 0.15) is 5.82 Å². The second-order valence-electron chi connectivity index (χ2n) is 3.78. The van der Waals surface area contributed by atoms with E-state index < -0.39 is 23.4 Å². The monoisotopic (exact) mass is 286 g/mol. The minimum Gasteiger partial charge on any atom is -0.478 e. The van der Waals surface area contributed by atoms with Crippen molar-refractivity contribution in [2.24, 2.45) is 0 Å². The average Bonchev–Trinajstić information content (AvgIpc) is 2.33. The maximum absolute atomic E-state index is 13.6. The second-order valence-corrected chi connectivity index (χ2v) is 4.22. The van der Waals surface area contributed by atoms with Gasteiger partial charge in [-0.3, -0.25) is 0 Å². The standard InChI is InChI=1S/C13H6ClF3O2/c14-8-2-6(1-7(3-8)13(18)19)9-4-11(16)12(17)5-10(9)15/h1-5H,(H,18,19). The molecule has 0 aliphatic heterocycles. The summed E-state index contributed by atoms with van der Waals surface area (Å²) < 4.78 is 39.5. The number of carboxylic acids is 1. The molecule has 2 aromatic rings. The van der Waals surface area contributed by atoms with E-state index in [1.807, 2.05) is 0 Å². The van der Waals surface area contributed by atoms with E-state index in [1.54, 1.807) is 0 Å². The Morgan fingerprint density at radius 2 is 1.58 bits per heavy atom. The zero-order valence-corrected chi connectivity index (χ0v) is 10.0. The van der Waals surface area contributed by atoms with Crippen LogP contribution in [0.2, 0.25) is 5.02 Å². The lowest BCUT2D eigenvalue weighted by Gasteiger charge is -2.07. The SMILES string of the molecule is O=C(O)c1cc(Cl)cc(-c2cc(F)c(F)cc2F)c1. The molecule has 0 spiro atoms. The van der Waals surface area contributed by atoms with E-state index in [4.69, 9.17) is 16.7 Å². The van der Waals surface area contributed by atoms with Gasteiger partial charge in [0.25, 0.3) is 0 Å². The number of hydrogen-bond donors (Lipinski definition) is 1. The molecule has 0 bridgehead atoms. The number of halogens is 4. The van der Waals surface area contributed by atoms with Crippen LogP contribution in [0.25, 0.3) is 11.1 Å². The maximum atomic E-state index is 13.6. The zero-order valence-electron chi connectivity index (χ0n) is 9.25. The third kappa shape index (κ3) is 2.71. The highest BCUT2D eigenvalue weighted by Crippen LogP contribution is 2.28. The Labute approximate surface area is 111 Å². The summed E-state index contributed by atoms with van der Waals surface area (Å²) in [6.45, 7) is 0. The van der Waals surface area contributed by atoms with Crippen LogP contribution in [-0.2, 0) is 0 Å². The molecule has 0 saturated heterocycles. The van der Waals surface area contributed by atoms with Crippen LogP contribution in [0.1, 0.15) is 10.4 Å². The minimum atomic E-state index is -1.32. The third-order valence-corrected chi connectivity index (χ3v) is 2.68. The summed E-state index contributed by atoms with van der Waals surface area (Å²) in [6.07, 6.45) is 0. The Bertz CT molecular complexity index is 671. The van der Waals surface area contributed by atoms with Crippen molar-refractivity contribution in [1.29, 1.82) is 0 Å². The van der Waals surface area contributed by atoms with Crippen molar-refractivity contribution in [2.45, 2.75) is 0 Å². The van der Waals surface area contributed by atoms with Crippen molar-refractivity contribution in [3.63, 3.8) is 0 Å².